The molecule has 0 heterocycles. The van der Waals surface area contributed by atoms with Crippen LogP contribution in [0, 0.1) is 17.8 Å². The van der Waals surface area contributed by atoms with Crippen molar-refractivity contribution in [2.75, 3.05) is 0 Å². The molecule has 0 heteroatoms. The lowest BCUT2D eigenvalue weighted by Gasteiger charge is -2.12. The molecular weight excluding hydrogens is 444 g/mol. The van der Waals surface area contributed by atoms with Crippen molar-refractivity contribution in [2.45, 2.75) is 221 Å². The molecule has 0 N–H and O–H groups in total. The fourth-order valence-electron chi connectivity index (χ4n) is 6.07. The van der Waals surface area contributed by atoms with E-state index in [-0.39, 0.29) is 0 Å². The highest BCUT2D eigenvalue weighted by molar-refractivity contribution is 4.58. The summed E-state index contributed by atoms with van der Waals surface area (Å²) in [5.74, 6) is 2.82. The fraction of sp³-hybridized carbons (Fsp3) is 1.00. The van der Waals surface area contributed by atoms with E-state index < -0.39 is 0 Å². The minimum atomic E-state index is 0.894. The van der Waals surface area contributed by atoms with Crippen LogP contribution in [0.25, 0.3) is 0 Å². The van der Waals surface area contributed by atoms with Crippen LogP contribution < -0.4 is 0 Å². The Bertz CT molecular complexity index is 397. The highest BCUT2D eigenvalue weighted by Crippen LogP contribution is 2.21. The topological polar surface area (TPSA) is 0 Å². The van der Waals surface area contributed by atoms with Gasteiger partial charge in [-0.05, 0) is 17.8 Å². The predicted octanol–water partition coefficient (Wildman–Crippen LogP) is 14.2. The van der Waals surface area contributed by atoms with Gasteiger partial charge in [0.15, 0.2) is 0 Å². The maximum absolute atomic E-state index is 2.51. The molecule has 0 spiro atoms. The minimum Gasteiger partial charge on any atom is -0.0654 e. The zero-order chi connectivity index (χ0) is 27.2. The molecule has 0 saturated heterocycles. The molecule has 0 saturated carbocycles. The van der Waals surface area contributed by atoms with E-state index in [1.54, 1.807) is 0 Å². The fourth-order valence-corrected chi connectivity index (χ4v) is 6.07. The largest absolute Gasteiger partial charge is 0.0654 e. The Morgan fingerprint density at radius 3 is 0.730 bits per heavy atom. The third kappa shape index (κ3) is 32.1. The Morgan fingerprint density at radius 2 is 0.486 bits per heavy atom. The van der Waals surface area contributed by atoms with E-state index >= 15 is 0 Å². The maximum atomic E-state index is 2.51. The van der Waals surface area contributed by atoms with Crippen LogP contribution in [0.2, 0.25) is 0 Å². The van der Waals surface area contributed by atoms with Gasteiger partial charge >= 0.3 is 0 Å². The first-order valence-electron chi connectivity index (χ1n) is 18.1. The maximum Gasteiger partial charge on any atom is -0.0443 e. The highest BCUT2D eigenvalue weighted by Gasteiger charge is 2.04. The van der Waals surface area contributed by atoms with Crippen molar-refractivity contribution < 1.29 is 0 Å². The predicted molar refractivity (Wildman–Crippen MR) is 173 cm³/mol. The average molecular weight is 521 g/mol. The molecular formula is C37H76. The summed E-state index contributed by atoms with van der Waals surface area (Å²) in [5, 5.41) is 0. The Hall–Kier alpha value is 0. The zero-order valence-corrected chi connectivity index (χ0v) is 27.2. The smallest absolute Gasteiger partial charge is 0.0443 e. The second-order valence-corrected chi connectivity index (χ2v) is 13.7. The lowest BCUT2D eigenvalue weighted by molar-refractivity contribution is 0.416. The van der Waals surface area contributed by atoms with Crippen molar-refractivity contribution in [1.82, 2.24) is 0 Å². The first kappa shape index (κ1) is 37.0. The van der Waals surface area contributed by atoms with Crippen molar-refractivity contribution in [3.63, 3.8) is 0 Å². The zero-order valence-electron chi connectivity index (χ0n) is 27.2. The highest BCUT2D eigenvalue weighted by atomic mass is 14.1. The van der Waals surface area contributed by atoms with E-state index in [1.807, 2.05) is 0 Å². The molecule has 0 aromatic carbocycles. The van der Waals surface area contributed by atoms with Gasteiger partial charge in [0, 0.05) is 0 Å². The molecule has 0 aromatic heterocycles. The SMILES string of the molecule is CCCCCCCCCCC(C)CCCCCCCC(C)CCCCCCCCCCCCCC(C)C. The molecule has 0 bridgehead atoms. The van der Waals surface area contributed by atoms with E-state index in [2.05, 4.69) is 34.6 Å². The molecule has 0 aliphatic heterocycles. The third-order valence-electron chi connectivity index (χ3n) is 8.92. The number of rotatable bonds is 31. The van der Waals surface area contributed by atoms with Gasteiger partial charge in [-0.3, -0.25) is 0 Å². The number of hydrogen-bond acceptors (Lipinski definition) is 0. The average Bonchev–Trinajstić information content (AvgIpc) is 2.87. The van der Waals surface area contributed by atoms with Crippen LogP contribution in [0.3, 0.4) is 0 Å². The Labute approximate surface area is 238 Å². The molecule has 0 radical (unpaired) electrons. The van der Waals surface area contributed by atoms with Gasteiger partial charge in [0.05, 0.1) is 0 Å². The molecule has 0 aliphatic rings. The van der Waals surface area contributed by atoms with Gasteiger partial charge in [-0.2, -0.15) is 0 Å². The second-order valence-electron chi connectivity index (χ2n) is 13.7. The molecule has 0 amide bonds. The molecule has 0 fully saturated rings. The van der Waals surface area contributed by atoms with Crippen LogP contribution in [0.4, 0.5) is 0 Å². The van der Waals surface area contributed by atoms with Gasteiger partial charge in [0.25, 0.3) is 0 Å². The molecule has 224 valence electrons. The first-order valence-corrected chi connectivity index (χ1v) is 18.1. The van der Waals surface area contributed by atoms with E-state index in [4.69, 9.17) is 0 Å². The monoisotopic (exact) mass is 521 g/mol. The van der Waals surface area contributed by atoms with Crippen molar-refractivity contribution in [2.24, 2.45) is 17.8 Å². The summed E-state index contributed by atoms with van der Waals surface area (Å²) in [5.41, 5.74) is 0. The summed E-state index contributed by atoms with van der Waals surface area (Å²) in [6, 6.07) is 0. The summed E-state index contributed by atoms with van der Waals surface area (Å²) in [4.78, 5) is 0. The molecule has 0 aliphatic carbocycles. The van der Waals surface area contributed by atoms with Crippen molar-refractivity contribution >= 4 is 0 Å². The Morgan fingerprint density at radius 1 is 0.270 bits per heavy atom. The minimum absolute atomic E-state index is 0.894. The normalized spacial score (nSPS) is 13.5. The van der Waals surface area contributed by atoms with Crippen LogP contribution >= 0.6 is 0 Å². The Kier molecular flexibility index (Phi) is 30.5. The van der Waals surface area contributed by atoms with E-state index in [1.165, 1.54) is 186 Å². The summed E-state index contributed by atoms with van der Waals surface area (Å²) in [7, 11) is 0. The molecule has 2 atom stereocenters. The molecule has 0 aromatic rings. The number of unbranched alkanes of at least 4 members (excludes halogenated alkanes) is 21. The number of hydrogen-bond donors (Lipinski definition) is 0. The van der Waals surface area contributed by atoms with Gasteiger partial charge in [-0.25, -0.2) is 0 Å². The van der Waals surface area contributed by atoms with Crippen LogP contribution in [0.5, 0.6) is 0 Å². The van der Waals surface area contributed by atoms with Crippen molar-refractivity contribution in [3.05, 3.63) is 0 Å². The lowest BCUT2D eigenvalue weighted by Crippen LogP contribution is -1.96. The van der Waals surface area contributed by atoms with Crippen molar-refractivity contribution in [1.29, 1.82) is 0 Å². The van der Waals surface area contributed by atoms with E-state index in [0.29, 0.717) is 0 Å². The van der Waals surface area contributed by atoms with Crippen LogP contribution in [-0.2, 0) is 0 Å². The first-order chi connectivity index (χ1) is 18.1. The van der Waals surface area contributed by atoms with Gasteiger partial charge in [0.1, 0.15) is 0 Å². The second kappa shape index (κ2) is 30.5. The van der Waals surface area contributed by atoms with Crippen molar-refractivity contribution in [3.8, 4) is 0 Å². The van der Waals surface area contributed by atoms with Crippen LogP contribution in [-0.4, -0.2) is 0 Å². The quantitative estimate of drug-likeness (QED) is 0.0797. The Balaban J connectivity index is 3.24. The van der Waals surface area contributed by atoms with Gasteiger partial charge in [-0.15, -0.1) is 0 Å². The standard InChI is InChI=1S/C37H76/c1-6-7-8-9-10-17-21-26-31-36(4)33-28-23-19-24-29-34-37(5)32-27-22-18-15-13-11-12-14-16-20-25-30-35(2)3/h35-37H,6-34H2,1-5H3. The summed E-state index contributed by atoms with van der Waals surface area (Å²) in [6.45, 7) is 12.0. The van der Waals surface area contributed by atoms with Gasteiger partial charge < -0.3 is 0 Å². The summed E-state index contributed by atoms with van der Waals surface area (Å²) < 4.78 is 0. The summed E-state index contributed by atoms with van der Waals surface area (Å²) in [6.07, 6.45) is 42.7. The summed E-state index contributed by atoms with van der Waals surface area (Å²) >= 11 is 0. The molecule has 2 unspecified atom stereocenters. The lowest BCUT2D eigenvalue weighted by atomic mass is 9.94. The van der Waals surface area contributed by atoms with Gasteiger partial charge in [-0.1, -0.05) is 221 Å². The van der Waals surface area contributed by atoms with Crippen LogP contribution in [0.1, 0.15) is 221 Å². The third-order valence-corrected chi connectivity index (χ3v) is 8.92. The van der Waals surface area contributed by atoms with E-state index in [0.717, 1.165) is 17.8 Å². The molecule has 0 nitrogen and oxygen atoms in total. The molecule has 0 rings (SSSR count). The van der Waals surface area contributed by atoms with Gasteiger partial charge in [0.2, 0.25) is 0 Å². The van der Waals surface area contributed by atoms with Crippen LogP contribution in [0.15, 0.2) is 0 Å². The van der Waals surface area contributed by atoms with E-state index in [9.17, 15) is 0 Å². The molecule has 37 heavy (non-hydrogen) atoms.